The standard InChI is InChI=1S/C18H18O2S/c19-17(20)18(11-10-14-6-4-5-9-16(14)18)12-13-21-15-7-2-1-3-8-15/h1-9H,10-13H2,(H,19,20). The van der Waals surface area contributed by atoms with Crippen LogP contribution >= 0.6 is 11.8 Å². The molecule has 0 radical (unpaired) electrons. The molecule has 0 amide bonds. The molecule has 0 aromatic heterocycles. The van der Waals surface area contributed by atoms with Gasteiger partial charge in [-0.1, -0.05) is 42.5 Å². The Morgan fingerprint density at radius 1 is 1.10 bits per heavy atom. The molecule has 1 N–H and O–H groups in total. The molecular weight excluding hydrogens is 280 g/mol. The monoisotopic (exact) mass is 298 g/mol. The third-order valence-corrected chi connectivity index (χ3v) is 5.32. The van der Waals surface area contributed by atoms with Crippen LogP contribution in [0.15, 0.2) is 59.5 Å². The second-order valence-corrected chi connectivity index (χ2v) is 6.62. The number of thioether (sulfide) groups is 1. The average molecular weight is 298 g/mol. The molecule has 1 unspecified atom stereocenters. The second kappa shape index (κ2) is 5.94. The summed E-state index contributed by atoms with van der Waals surface area (Å²) in [4.78, 5) is 13.1. The third-order valence-electron chi connectivity index (χ3n) is 4.30. The first-order chi connectivity index (χ1) is 10.2. The van der Waals surface area contributed by atoms with Gasteiger partial charge >= 0.3 is 5.97 Å². The lowest BCUT2D eigenvalue weighted by atomic mass is 9.79. The van der Waals surface area contributed by atoms with Crippen LogP contribution in [0.5, 0.6) is 0 Å². The first-order valence-electron chi connectivity index (χ1n) is 7.22. The van der Waals surface area contributed by atoms with Crippen molar-refractivity contribution in [2.75, 3.05) is 5.75 Å². The summed E-state index contributed by atoms with van der Waals surface area (Å²) >= 11 is 1.73. The number of benzene rings is 2. The molecule has 0 spiro atoms. The highest BCUT2D eigenvalue weighted by atomic mass is 32.2. The van der Waals surface area contributed by atoms with E-state index in [-0.39, 0.29) is 0 Å². The Bertz CT molecular complexity index is 639. The number of hydrogen-bond donors (Lipinski definition) is 1. The zero-order valence-corrected chi connectivity index (χ0v) is 12.6. The highest BCUT2D eigenvalue weighted by Crippen LogP contribution is 2.43. The van der Waals surface area contributed by atoms with Crippen LogP contribution in [0.1, 0.15) is 24.0 Å². The van der Waals surface area contributed by atoms with Gasteiger partial charge in [-0.15, -0.1) is 11.8 Å². The minimum absolute atomic E-state index is 0.679. The molecule has 1 atom stereocenters. The van der Waals surface area contributed by atoms with E-state index in [1.54, 1.807) is 11.8 Å². The average Bonchev–Trinajstić information content (AvgIpc) is 2.89. The fraction of sp³-hybridized carbons (Fsp3) is 0.278. The van der Waals surface area contributed by atoms with Crippen LogP contribution < -0.4 is 0 Å². The zero-order chi connectivity index (χ0) is 14.7. The third kappa shape index (κ3) is 2.70. The van der Waals surface area contributed by atoms with Crippen molar-refractivity contribution in [2.24, 2.45) is 0 Å². The van der Waals surface area contributed by atoms with E-state index >= 15 is 0 Å². The maximum absolute atomic E-state index is 11.9. The summed E-state index contributed by atoms with van der Waals surface area (Å²) in [6, 6.07) is 18.2. The van der Waals surface area contributed by atoms with Gasteiger partial charge in [-0.3, -0.25) is 4.79 Å². The molecular formula is C18H18O2S. The molecule has 1 aliphatic carbocycles. The van der Waals surface area contributed by atoms with Gasteiger partial charge in [0.2, 0.25) is 0 Å². The van der Waals surface area contributed by atoms with Crippen LogP contribution in [-0.2, 0) is 16.6 Å². The molecule has 21 heavy (non-hydrogen) atoms. The van der Waals surface area contributed by atoms with Crippen LogP contribution in [-0.4, -0.2) is 16.8 Å². The minimum atomic E-state index is -0.696. The Morgan fingerprint density at radius 2 is 1.81 bits per heavy atom. The molecule has 108 valence electrons. The molecule has 0 fully saturated rings. The number of hydrogen-bond acceptors (Lipinski definition) is 2. The van der Waals surface area contributed by atoms with E-state index in [2.05, 4.69) is 18.2 Å². The SMILES string of the molecule is O=C(O)C1(CCSc2ccccc2)CCc2ccccc21. The fourth-order valence-corrected chi connectivity index (χ4v) is 4.17. The maximum Gasteiger partial charge on any atom is 0.314 e. The van der Waals surface area contributed by atoms with E-state index < -0.39 is 11.4 Å². The first-order valence-corrected chi connectivity index (χ1v) is 8.20. The van der Waals surface area contributed by atoms with Crippen LogP contribution in [0, 0.1) is 0 Å². The predicted octanol–water partition coefficient (Wildman–Crippen LogP) is 4.14. The molecule has 0 heterocycles. The Morgan fingerprint density at radius 3 is 2.57 bits per heavy atom. The normalized spacial score (nSPS) is 20.2. The molecule has 3 rings (SSSR count). The van der Waals surface area contributed by atoms with Gasteiger partial charge in [0.05, 0.1) is 5.41 Å². The Labute approximate surface area is 129 Å². The number of carbonyl (C=O) groups is 1. The van der Waals surface area contributed by atoms with E-state index in [1.165, 1.54) is 10.5 Å². The van der Waals surface area contributed by atoms with Crippen molar-refractivity contribution >= 4 is 17.7 Å². The number of carboxylic acids is 1. The van der Waals surface area contributed by atoms with E-state index in [9.17, 15) is 9.90 Å². The molecule has 2 aromatic rings. The summed E-state index contributed by atoms with van der Waals surface area (Å²) in [5.41, 5.74) is 1.52. The molecule has 0 saturated heterocycles. The fourth-order valence-electron chi connectivity index (χ4n) is 3.14. The van der Waals surface area contributed by atoms with E-state index in [1.807, 2.05) is 36.4 Å². The lowest BCUT2D eigenvalue weighted by molar-refractivity contribution is -0.144. The number of rotatable bonds is 5. The number of aryl methyl sites for hydroxylation is 1. The summed E-state index contributed by atoms with van der Waals surface area (Å²) in [5.74, 6) is 0.145. The molecule has 0 aliphatic heterocycles. The summed E-state index contributed by atoms with van der Waals surface area (Å²) in [6.07, 6.45) is 2.27. The van der Waals surface area contributed by atoms with Gasteiger partial charge in [-0.05, 0) is 48.3 Å². The summed E-state index contributed by atoms with van der Waals surface area (Å²) in [7, 11) is 0. The highest BCUT2D eigenvalue weighted by molar-refractivity contribution is 7.99. The second-order valence-electron chi connectivity index (χ2n) is 5.46. The van der Waals surface area contributed by atoms with Crippen molar-refractivity contribution in [3.05, 3.63) is 65.7 Å². The Hall–Kier alpha value is -1.74. The summed E-state index contributed by atoms with van der Waals surface area (Å²) in [5, 5.41) is 9.80. The van der Waals surface area contributed by atoms with Gasteiger partial charge in [-0.2, -0.15) is 0 Å². The largest absolute Gasteiger partial charge is 0.481 e. The Balaban J connectivity index is 1.76. The molecule has 0 saturated carbocycles. The van der Waals surface area contributed by atoms with E-state index in [0.29, 0.717) is 6.42 Å². The lowest BCUT2D eigenvalue weighted by Crippen LogP contribution is -2.34. The number of aliphatic carboxylic acids is 1. The lowest BCUT2D eigenvalue weighted by Gasteiger charge is -2.25. The van der Waals surface area contributed by atoms with Crippen LogP contribution in [0.3, 0.4) is 0 Å². The van der Waals surface area contributed by atoms with Gasteiger partial charge in [0.25, 0.3) is 0 Å². The van der Waals surface area contributed by atoms with Gasteiger partial charge in [0.1, 0.15) is 0 Å². The van der Waals surface area contributed by atoms with Gasteiger partial charge in [-0.25, -0.2) is 0 Å². The maximum atomic E-state index is 11.9. The molecule has 1 aliphatic rings. The van der Waals surface area contributed by atoms with Crippen molar-refractivity contribution in [3.8, 4) is 0 Å². The first kappa shape index (κ1) is 14.2. The number of carboxylic acid groups (broad SMARTS) is 1. The van der Waals surface area contributed by atoms with Gasteiger partial charge in [0, 0.05) is 4.90 Å². The topological polar surface area (TPSA) is 37.3 Å². The molecule has 0 bridgehead atoms. The van der Waals surface area contributed by atoms with Crippen LogP contribution in [0.25, 0.3) is 0 Å². The smallest absolute Gasteiger partial charge is 0.314 e. The van der Waals surface area contributed by atoms with Crippen molar-refractivity contribution in [1.82, 2.24) is 0 Å². The molecule has 2 nitrogen and oxygen atoms in total. The van der Waals surface area contributed by atoms with Crippen LogP contribution in [0.2, 0.25) is 0 Å². The van der Waals surface area contributed by atoms with Crippen molar-refractivity contribution in [3.63, 3.8) is 0 Å². The van der Waals surface area contributed by atoms with Crippen molar-refractivity contribution < 1.29 is 9.90 Å². The van der Waals surface area contributed by atoms with E-state index in [4.69, 9.17) is 0 Å². The van der Waals surface area contributed by atoms with E-state index in [0.717, 1.165) is 24.2 Å². The predicted molar refractivity (Wildman–Crippen MR) is 85.9 cm³/mol. The number of fused-ring (bicyclic) bond motifs is 1. The minimum Gasteiger partial charge on any atom is -0.481 e. The molecule has 2 aromatic carbocycles. The van der Waals surface area contributed by atoms with Gasteiger partial charge in [0.15, 0.2) is 0 Å². The quantitative estimate of drug-likeness (QED) is 0.843. The Kier molecular flexibility index (Phi) is 4.02. The summed E-state index contributed by atoms with van der Waals surface area (Å²) in [6.45, 7) is 0. The highest BCUT2D eigenvalue weighted by Gasteiger charge is 2.44. The van der Waals surface area contributed by atoms with Gasteiger partial charge < -0.3 is 5.11 Å². The van der Waals surface area contributed by atoms with Crippen LogP contribution in [0.4, 0.5) is 0 Å². The zero-order valence-electron chi connectivity index (χ0n) is 11.8. The molecule has 3 heteroatoms. The van der Waals surface area contributed by atoms with Crippen molar-refractivity contribution in [2.45, 2.75) is 29.6 Å². The van der Waals surface area contributed by atoms with Crippen molar-refractivity contribution in [1.29, 1.82) is 0 Å². The summed E-state index contributed by atoms with van der Waals surface area (Å²) < 4.78 is 0.